The van der Waals surface area contributed by atoms with Crippen LogP contribution < -0.4 is 9.64 Å². The number of hydrogen-bond acceptors (Lipinski definition) is 6. The Morgan fingerprint density at radius 2 is 1.97 bits per heavy atom. The van der Waals surface area contributed by atoms with Gasteiger partial charge in [0.05, 0.1) is 11.5 Å². The number of ether oxygens (including phenoxy) is 2. The van der Waals surface area contributed by atoms with Crippen molar-refractivity contribution in [1.29, 1.82) is 0 Å². The van der Waals surface area contributed by atoms with Crippen LogP contribution in [-0.4, -0.2) is 29.6 Å². The van der Waals surface area contributed by atoms with Crippen molar-refractivity contribution in [2.75, 3.05) is 18.0 Å². The van der Waals surface area contributed by atoms with Crippen LogP contribution in [0.3, 0.4) is 0 Å². The summed E-state index contributed by atoms with van der Waals surface area (Å²) in [6, 6.07) is 9.97. The number of nitrogens with zero attached hydrogens (tertiary/aromatic N) is 3. The average molecular weight is 466 g/mol. The second-order valence-corrected chi connectivity index (χ2v) is 9.57. The van der Waals surface area contributed by atoms with Crippen molar-refractivity contribution in [2.45, 2.75) is 59.0 Å². The summed E-state index contributed by atoms with van der Waals surface area (Å²) in [5.41, 5.74) is 1.07. The minimum absolute atomic E-state index is 0.0242. The first-order chi connectivity index (χ1) is 16.1. The summed E-state index contributed by atoms with van der Waals surface area (Å²) >= 11 is 0. The first kappa shape index (κ1) is 25.0. The first-order valence-electron chi connectivity index (χ1n) is 11.5. The van der Waals surface area contributed by atoms with Gasteiger partial charge in [0.25, 0.3) is 5.69 Å². The second-order valence-electron chi connectivity index (χ2n) is 9.57. The molecule has 1 atom stereocenters. The number of para-hydroxylation sites is 2. The maximum atomic E-state index is 12.2. The maximum Gasteiger partial charge on any atom is 0.306 e. The lowest BCUT2D eigenvalue weighted by molar-refractivity contribution is -0.384. The van der Waals surface area contributed by atoms with E-state index in [4.69, 9.17) is 16.0 Å². The number of benzene rings is 2. The van der Waals surface area contributed by atoms with Crippen LogP contribution >= 0.6 is 0 Å². The molecule has 0 N–H and O–H groups in total. The molecule has 3 rings (SSSR count). The predicted molar refractivity (Wildman–Crippen MR) is 131 cm³/mol. The Balaban J connectivity index is 1.83. The van der Waals surface area contributed by atoms with Gasteiger partial charge in [0.1, 0.15) is 22.8 Å². The Kier molecular flexibility index (Phi) is 7.77. The Hall–Kier alpha value is -3.60. The zero-order chi connectivity index (χ0) is 24.9. The zero-order valence-corrected chi connectivity index (χ0v) is 20.2. The number of piperidine rings is 1. The van der Waals surface area contributed by atoms with Crippen molar-refractivity contribution in [3.05, 3.63) is 63.5 Å². The normalized spacial score (nSPS) is 16.0. The van der Waals surface area contributed by atoms with Gasteiger partial charge in [-0.1, -0.05) is 18.2 Å². The summed E-state index contributed by atoms with van der Waals surface area (Å²) in [5, 5.41) is 11.9. The summed E-state index contributed by atoms with van der Waals surface area (Å²) < 4.78 is 11.4. The van der Waals surface area contributed by atoms with Gasteiger partial charge in [0.15, 0.2) is 0 Å². The Bertz CT molecular complexity index is 1100. The summed E-state index contributed by atoms with van der Waals surface area (Å²) in [6.45, 7) is 16.0. The number of anilines is 1. The van der Waals surface area contributed by atoms with Gasteiger partial charge in [-0.05, 0) is 65.0 Å². The van der Waals surface area contributed by atoms with Gasteiger partial charge in [-0.2, -0.15) is 0 Å². The van der Waals surface area contributed by atoms with E-state index in [1.54, 1.807) is 30.3 Å². The number of carbonyl (C=O) groups excluding carboxylic acids is 1. The van der Waals surface area contributed by atoms with E-state index in [2.05, 4.69) is 4.85 Å². The molecule has 34 heavy (non-hydrogen) atoms. The van der Waals surface area contributed by atoms with Crippen LogP contribution in [-0.2, 0) is 9.53 Å². The zero-order valence-electron chi connectivity index (χ0n) is 20.2. The summed E-state index contributed by atoms with van der Waals surface area (Å²) in [6.07, 6.45) is 2.84. The molecule has 180 valence electrons. The van der Waals surface area contributed by atoms with Gasteiger partial charge in [0.2, 0.25) is 5.69 Å². The topological polar surface area (TPSA) is 86.3 Å². The van der Waals surface area contributed by atoms with Crippen LogP contribution in [0.15, 0.2) is 36.4 Å². The van der Waals surface area contributed by atoms with Crippen molar-refractivity contribution in [2.24, 2.45) is 5.92 Å². The molecule has 8 heteroatoms. The van der Waals surface area contributed by atoms with E-state index in [-0.39, 0.29) is 22.5 Å². The van der Waals surface area contributed by atoms with E-state index in [1.165, 1.54) is 6.07 Å². The number of nitro benzene ring substituents is 1. The molecule has 0 unspecified atom stereocenters. The van der Waals surface area contributed by atoms with E-state index < -0.39 is 5.60 Å². The maximum absolute atomic E-state index is 12.2. The van der Waals surface area contributed by atoms with Crippen LogP contribution in [0, 0.1) is 29.5 Å². The van der Waals surface area contributed by atoms with Gasteiger partial charge >= 0.3 is 5.97 Å². The van der Waals surface area contributed by atoms with Gasteiger partial charge < -0.3 is 14.4 Å². The van der Waals surface area contributed by atoms with Crippen molar-refractivity contribution in [1.82, 2.24) is 0 Å². The minimum atomic E-state index is -0.514. The van der Waals surface area contributed by atoms with Crippen molar-refractivity contribution in [3.8, 4) is 11.5 Å². The van der Waals surface area contributed by atoms with E-state index in [0.717, 1.165) is 12.8 Å². The molecule has 0 aromatic heterocycles. The molecule has 1 aliphatic heterocycles. The van der Waals surface area contributed by atoms with E-state index in [1.807, 2.05) is 32.6 Å². The van der Waals surface area contributed by atoms with Crippen molar-refractivity contribution >= 4 is 23.0 Å². The molecular weight excluding hydrogens is 434 g/mol. The molecular formula is C26H31N3O5. The third-order valence-electron chi connectivity index (χ3n) is 5.77. The van der Waals surface area contributed by atoms with Gasteiger partial charge in [-0.15, -0.1) is 0 Å². The molecule has 2 aromatic rings. The van der Waals surface area contributed by atoms with Crippen LogP contribution in [0.5, 0.6) is 11.5 Å². The van der Waals surface area contributed by atoms with E-state index in [9.17, 15) is 14.9 Å². The number of rotatable bonds is 7. The second kappa shape index (κ2) is 10.6. The smallest absolute Gasteiger partial charge is 0.306 e. The molecule has 0 saturated carbocycles. The molecule has 1 aliphatic rings. The Morgan fingerprint density at radius 3 is 2.65 bits per heavy atom. The highest BCUT2D eigenvalue weighted by molar-refractivity contribution is 5.72. The predicted octanol–water partition coefficient (Wildman–Crippen LogP) is 6.58. The van der Waals surface area contributed by atoms with Crippen LogP contribution in [0.25, 0.3) is 4.85 Å². The van der Waals surface area contributed by atoms with E-state index in [0.29, 0.717) is 54.4 Å². The molecule has 1 heterocycles. The van der Waals surface area contributed by atoms with Crippen LogP contribution in [0.2, 0.25) is 0 Å². The lowest BCUT2D eigenvalue weighted by atomic mass is 9.92. The highest BCUT2D eigenvalue weighted by atomic mass is 16.6. The fraction of sp³-hybridized carbons (Fsp3) is 0.462. The fourth-order valence-corrected chi connectivity index (χ4v) is 4.30. The molecule has 0 amide bonds. The number of hydrogen-bond donors (Lipinski definition) is 0. The summed E-state index contributed by atoms with van der Waals surface area (Å²) in [4.78, 5) is 29.2. The quantitative estimate of drug-likeness (QED) is 0.199. The molecule has 1 saturated heterocycles. The van der Waals surface area contributed by atoms with Crippen LogP contribution in [0.1, 0.15) is 52.0 Å². The lowest BCUT2D eigenvalue weighted by Gasteiger charge is -2.35. The number of esters is 1. The van der Waals surface area contributed by atoms with Gasteiger partial charge in [-0.25, -0.2) is 4.85 Å². The molecule has 0 aliphatic carbocycles. The number of nitro groups is 1. The molecule has 1 fully saturated rings. The average Bonchev–Trinajstić information content (AvgIpc) is 2.78. The van der Waals surface area contributed by atoms with Crippen molar-refractivity contribution < 1.29 is 19.2 Å². The van der Waals surface area contributed by atoms with Crippen molar-refractivity contribution in [3.63, 3.8) is 0 Å². The molecule has 2 aromatic carbocycles. The summed E-state index contributed by atoms with van der Waals surface area (Å²) in [5.74, 6) is 0.898. The largest absolute Gasteiger partial charge is 0.468 e. The third kappa shape index (κ3) is 6.25. The molecule has 0 radical (unpaired) electrons. The first-order valence-corrected chi connectivity index (χ1v) is 11.5. The molecule has 8 nitrogen and oxygen atoms in total. The lowest BCUT2D eigenvalue weighted by Crippen LogP contribution is -2.36. The minimum Gasteiger partial charge on any atom is -0.468 e. The highest BCUT2D eigenvalue weighted by Crippen LogP contribution is 2.42. The monoisotopic (exact) mass is 465 g/mol. The Morgan fingerprint density at radius 1 is 1.24 bits per heavy atom. The molecule has 0 spiro atoms. The standard InChI is InChI=1S/C26H31N3O5/c1-18-22(33-23-11-7-6-10-20(23)27-5)14-13-21(29(31)32)25(18)28-16-8-9-19(17-28)12-15-24(30)34-26(2,3)4/h6-7,10-11,13-14,19H,8-9,12,15-17H2,1-4H3/t19-/m0/s1. The van der Waals surface area contributed by atoms with E-state index >= 15 is 0 Å². The molecule has 0 bridgehead atoms. The van der Waals surface area contributed by atoms with Gasteiger partial charge in [-0.3, -0.25) is 14.9 Å². The third-order valence-corrected chi connectivity index (χ3v) is 5.77. The Labute approximate surface area is 200 Å². The fourth-order valence-electron chi connectivity index (χ4n) is 4.30. The number of carbonyl (C=O) groups is 1. The SMILES string of the molecule is [C-]#[N+]c1ccccc1Oc1ccc([N+](=O)[O-])c(N2CCC[C@@H](CCC(=O)OC(C)(C)C)C2)c1C. The van der Waals surface area contributed by atoms with Gasteiger partial charge in [0, 0.05) is 31.1 Å². The van der Waals surface area contributed by atoms with Crippen LogP contribution in [0.4, 0.5) is 17.1 Å². The summed E-state index contributed by atoms with van der Waals surface area (Å²) in [7, 11) is 0. The highest BCUT2D eigenvalue weighted by Gasteiger charge is 2.29.